The van der Waals surface area contributed by atoms with E-state index in [1.54, 1.807) is 0 Å². The van der Waals surface area contributed by atoms with Gasteiger partial charge in [0, 0.05) is 25.3 Å². The molecular formula is C11H13F3N2O. The largest absolute Gasteiger partial charge is 0.418 e. The fourth-order valence-corrected chi connectivity index (χ4v) is 2.03. The summed E-state index contributed by atoms with van der Waals surface area (Å²) in [5, 5.41) is 0. The minimum absolute atomic E-state index is 0.0361. The molecule has 0 saturated carbocycles. The second-order valence-corrected chi connectivity index (χ2v) is 4.04. The van der Waals surface area contributed by atoms with Crippen LogP contribution >= 0.6 is 0 Å². The number of ether oxygens (including phenoxy) is 1. The van der Waals surface area contributed by atoms with Crippen molar-refractivity contribution in [2.45, 2.75) is 24.9 Å². The number of hydrogen-bond acceptors (Lipinski definition) is 3. The number of nitrogens with zero attached hydrogens (tertiary/aromatic N) is 1. The highest BCUT2D eigenvalue weighted by Crippen LogP contribution is 2.38. The lowest BCUT2D eigenvalue weighted by Gasteiger charge is -2.23. The number of pyridine rings is 1. The van der Waals surface area contributed by atoms with Gasteiger partial charge in [0.2, 0.25) is 0 Å². The molecule has 2 heterocycles. The van der Waals surface area contributed by atoms with Gasteiger partial charge in [-0.15, -0.1) is 0 Å². The third kappa shape index (κ3) is 2.52. The molecule has 0 amide bonds. The van der Waals surface area contributed by atoms with Crippen LogP contribution in [0.4, 0.5) is 18.9 Å². The van der Waals surface area contributed by atoms with Crippen LogP contribution in [-0.2, 0) is 10.9 Å². The molecule has 6 heteroatoms. The van der Waals surface area contributed by atoms with E-state index in [0.29, 0.717) is 31.7 Å². The zero-order valence-electron chi connectivity index (χ0n) is 9.13. The van der Waals surface area contributed by atoms with Gasteiger partial charge in [0.25, 0.3) is 0 Å². The van der Waals surface area contributed by atoms with E-state index in [1.165, 1.54) is 6.20 Å². The molecule has 0 atom stereocenters. The van der Waals surface area contributed by atoms with Crippen LogP contribution in [0.5, 0.6) is 0 Å². The molecule has 1 aromatic rings. The lowest BCUT2D eigenvalue weighted by Crippen LogP contribution is -2.19. The third-order valence-corrected chi connectivity index (χ3v) is 2.93. The molecule has 3 nitrogen and oxygen atoms in total. The summed E-state index contributed by atoms with van der Waals surface area (Å²) in [6.45, 7) is 1.09. The van der Waals surface area contributed by atoms with E-state index in [0.717, 1.165) is 6.07 Å². The van der Waals surface area contributed by atoms with Crippen LogP contribution < -0.4 is 5.73 Å². The summed E-state index contributed by atoms with van der Waals surface area (Å²) in [5.74, 6) is -0.0361. The lowest BCUT2D eigenvalue weighted by molar-refractivity contribution is -0.137. The van der Waals surface area contributed by atoms with E-state index in [-0.39, 0.29) is 11.6 Å². The molecule has 1 saturated heterocycles. The Balaban J connectivity index is 2.35. The first-order chi connectivity index (χ1) is 8.00. The maximum Gasteiger partial charge on any atom is 0.418 e. The van der Waals surface area contributed by atoms with Gasteiger partial charge in [0.15, 0.2) is 0 Å². The maximum atomic E-state index is 12.7. The molecule has 2 rings (SSSR count). The summed E-state index contributed by atoms with van der Waals surface area (Å²) < 4.78 is 43.2. The number of hydrogen-bond donors (Lipinski definition) is 1. The van der Waals surface area contributed by atoms with Gasteiger partial charge in [0.05, 0.1) is 16.9 Å². The minimum Gasteiger partial charge on any atom is -0.397 e. The summed E-state index contributed by atoms with van der Waals surface area (Å²) in [4.78, 5) is 4.00. The van der Waals surface area contributed by atoms with Crippen LogP contribution in [0, 0.1) is 0 Å². The smallest absolute Gasteiger partial charge is 0.397 e. The Morgan fingerprint density at radius 1 is 1.29 bits per heavy atom. The van der Waals surface area contributed by atoms with Gasteiger partial charge in [-0.3, -0.25) is 4.98 Å². The van der Waals surface area contributed by atoms with Crippen LogP contribution in [0.2, 0.25) is 0 Å². The van der Waals surface area contributed by atoms with Crippen molar-refractivity contribution in [3.8, 4) is 0 Å². The van der Waals surface area contributed by atoms with Crippen LogP contribution in [0.1, 0.15) is 30.0 Å². The molecule has 0 aromatic carbocycles. The van der Waals surface area contributed by atoms with E-state index >= 15 is 0 Å². The van der Waals surface area contributed by atoms with Gasteiger partial charge >= 0.3 is 6.18 Å². The highest BCUT2D eigenvalue weighted by Gasteiger charge is 2.35. The van der Waals surface area contributed by atoms with Crippen molar-refractivity contribution >= 4 is 5.69 Å². The Labute approximate surface area is 96.8 Å². The number of nitrogens with two attached hydrogens (primary N) is 1. The summed E-state index contributed by atoms with van der Waals surface area (Å²) in [5.41, 5.74) is 4.89. The van der Waals surface area contributed by atoms with Crippen molar-refractivity contribution in [1.29, 1.82) is 0 Å². The molecule has 1 aliphatic rings. The van der Waals surface area contributed by atoms with Crippen molar-refractivity contribution in [3.63, 3.8) is 0 Å². The van der Waals surface area contributed by atoms with Crippen molar-refractivity contribution in [2.24, 2.45) is 0 Å². The summed E-state index contributed by atoms with van der Waals surface area (Å²) in [6, 6.07) is 0.915. The zero-order chi connectivity index (χ0) is 12.5. The van der Waals surface area contributed by atoms with Gasteiger partial charge in [0.1, 0.15) is 0 Å². The molecule has 17 heavy (non-hydrogen) atoms. The Morgan fingerprint density at radius 3 is 2.53 bits per heavy atom. The summed E-state index contributed by atoms with van der Waals surface area (Å²) in [6.07, 6.45) is -1.92. The molecule has 1 aliphatic heterocycles. The second kappa shape index (κ2) is 4.52. The molecule has 0 spiro atoms. The van der Waals surface area contributed by atoms with E-state index in [9.17, 15) is 13.2 Å². The monoisotopic (exact) mass is 246 g/mol. The Hall–Kier alpha value is -1.30. The number of aromatic nitrogens is 1. The number of rotatable bonds is 1. The lowest BCUT2D eigenvalue weighted by atomic mass is 9.93. The first-order valence-corrected chi connectivity index (χ1v) is 5.39. The normalized spacial score (nSPS) is 18.3. The van der Waals surface area contributed by atoms with E-state index in [1.807, 2.05) is 0 Å². The fraction of sp³-hybridized carbons (Fsp3) is 0.545. The second-order valence-electron chi connectivity index (χ2n) is 4.04. The topological polar surface area (TPSA) is 48.1 Å². The molecule has 94 valence electrons. The number of anilines is 1. The minimum atomic E-state index is -4.42. The van der Waals surface area contributed by atoms with Gasteiger partial charge in [-0.1, -0.05) is 0 Å². The predicted octanol–water partition coefficient (Wildman–Crippen LogP) is 2.58. The quantitative estimate of drug-likeness (QED) is 0.828. The van der Waals surface area contributed by atoms with E-state index in [4.69, 9.17) is 10.5 Å². The first-order valence-electron chi connectivity index (χ1n) is 5.39. The summed E-state index contributed by atoms with van der Waals surface area (Å²) in [7, 11) is 0. The first kappa shape index (κ1) is 12.2. The molecule has 1 aromatic heterocycles. The van der Waals surface area contributed by atoms with Crippen molar-refractivity contribution in [3.05, 3.63) is 23.5 Å². The zero-order valence-corrected chi connectivity index (χ0v) is 9.13. The SMILES string of the molecule is Nc1c(C(F)(F)F)ccnc1C1CCOCC1. The van der Waals surface area contributed by atoms with Crippen molar-refractivity contribution in [1.82, 2.24) is 4.98 Å². The van der Waals surface area contributed by atoms with Crippen molar-refractivity contribution < 1.29 is 17.9 Å². The standard InChI is InChI=1S/C11H13F3N2O/c12-11(13,14)8-1-4-16-10(9(8)15)7-2-5-17-6-3-7/h1,4,7H,2-3,5-6,15H2. The van der Waals surface area contributed by atoms with Crippen LogP contribution in [-0.4, -0.2) is 18.2 Å². The van der Waals surface area contributed by atoms with Gasteiger partial charge in [-0.2, -0.15) is 13.2 Å². The molecule has 0 unspecified atom stereocenters. The Kier molecular flexibility index (Phi) is 3.24. The average Bonchev–Trinajstić information content (AvgIpc) is 2.29. The van der Waals surface area contributed by atoms with Gasteiger partial charge in [-0.25, -0.2) is 0 Å². The summed E-state index contributed by atoms with van der Waals surface area (Å²) >= 11 is 0. The molecule has 1 fully saturated rings. The maximum absolute atomic E-state index is 12.7. The number of alkyl halides is 3. The van der Waals surface area contributed by atoms with E-state index in [2.05, 4.69) is 4.98 Å². The average molecular weight is 246 g/mol. The molecular weight excluding hydrogens is 233 g/mol. The molecule has 0 radical (unpaired) electrons. The van der Waals surface area contributed by atoms with Gasteiger partial charge < -0.3 is 10.5 Å². The van der Waals surface area contributed by atoms with Crippen LogP contribution in [0.25, 0.3) is 0 Å². The highest BCUT2D eigenvalue weighted by atomic mass is 19.4. The Bertz CT molecular complexity index is 400. The molecule has 0 bridgehead atoms. The molecule has 2 N–H and O–H groups in total. The van der Waals surface area contributed by atoms with Crippen LogP contribution in [0.3, 0.4) is 0 Å². The van der Waals surface area contributed by atoms with Crippen LogP contribution in [0.15, 0.2) is 12.3 Å². The predicted molar refractivity (Wildman–Crippen MR) is 56.4 cm³/mol. The van der Waals surface area contributed by atoms with E-state index < -0.39 is 11.7 Å². The van der Waals surface area contributed by atoms with Gasteiger partial charge in [-0.05, 0) is 18.9 Å². The Morgan fingerprint density at radius 2 is 1.94 bits per heavy atom. The number of halogens is 3. The third-order valence-electron chi connectivity index (χ3n) is 2.93. The highest BCUT2D eigenvalue weighted by molar-refractivity contribution is 5.53. The van der Waals surface area contributed by atoms with Crippen molar-refractivity contribution in [2.75, 3.05) is 18.9 Å². The number of nitrogen functional groups attached to an aromatic ring is 1. The fourth-order valence-electron chi connectivity index (χ4n) is 2.03. The molecule has 0 aliphatic carbocycles.